The Morgan fingerprint density at radius 3 is 2.56 bits per heavy atom. The van der Waals surface area contributed by atoms with Gasteiger partial charge in [0.05, 0.1) is 0 Å². The van der Waals surface area contributed by atoms with Gasteiger partial charge < -0.3 is 5.32 Å². The number of benzene rings is 2. The van der Waals surface area contributed by atoms with Gasteiger partial charge in [0.15, 0.2) is 0 Å². The van der Waals surface area contributed by atoms with Crippen molar-refractivity contribution in [1.29, 1.82) is 0 Å². The van der Waals surface area contributed by atoms with Crippen molar-refractivity contribution in [3.05, 3.63) is 53.8 Å². The lowest BCUT2D eigenvalue weighted by Gasteiger charge is -2.07. The summed E-state index contributed by atoms with van der Waals surface area (Å²) >= 11 is 0. The van der Waals surface area contributed by atoms with E-state index in [0.717, 1.165) is 11.3 Å². The van der Waals surface area contributed by atoms with Crippen LogP contribution in [0.3, 0.4) is 0 Å². The largest absolute Gasteiger partial charge is 0.388 e. The number of anilines is 1. The summed E-state index contributed by atoms with van der Waals surface area (Å²) in [7, 11) is 1.85. The monoisotopic (exact) mass is 215 g/mol. The van der Waals surface area contributed by atoms with Crippen molar-refractivity contribution in [3.8, 4) is 11.1 Å². The molecule has 1 nitrogen and oxygen atoms in total. The summed E-state index contributed by atoms with van der Waals surface area (Å²) in [5, 5.41) is 3.05. The van der Waals surface area contributed by atoms with Crippen molar-refractivity contribution in [2.24, 2.45) is 0 Å². The van der Waals surface area contributed by atoms with Crippen molar-refractivity contribution in [3.63, 3.8) is 0 Å². The maximum Gasteiger partial charge on any atom is 0.133 e. The summed E-state index contributed by atoms with van der Waals surface area (Å²) in [6, 6.07) is 13.2. The first-order chi connectivity index (χ1) is 7.72. The molecule has 0 atom stereocenters. The molecule has 0 spiro atoms. The predicted molar refractivity (Wildman–Crippen MR) is 66.1 cm³/mol. The van der Waals surface area contributed by atoms with Crippen molar-refractivity contribution in [2.75, 3.05) is 12.4 Å². The average Bonchev–Trinajstić information content (AvgIpc) is 2.33. The van der Waals surface area contributed by atoms with Gasteiger partial charge in [0.2, 0.25) is 0 Å². The van der Waals surface area contributed by atoms with Crippen LogP contribution in [0.15, 0.2) is 42.5 Å². The minimum atomic E-state index is -0.143. The van der Waals surface area contributed by atoms with E-state index in [1.807, 2.05) is 37.4 Å². The predicted octanol–water partition coefficient (Wildman–Crippen LogP) is 3.84. The third-order valence-corrected chi connectivity index (χ3v) is 2.65. The van der Waals surface area contributed by atoms with Gasteiger partial charge in [0.25, 0.3) is 0 Å². The summed E-state index contributed by atoms with van der Waals surface area (Å²) in [5.41, 5.74) is 3.20. The molecule has 0 amide bonds. The second-order valence-corrected chi connectivity index (χ2v) is 3.77. The lowest BCUT2D eigenvalue weighted by atomic mass is 10.0. The molecule has 82 valence electrons. The van der Waals surface area contributed by atoms with E-state index in [-0.39, 0.29) is 5.82 Å². The molecule has 2 heteroatoms. The second-order valence-electron chi connectivity index (χ2n) is 3.77. The van der Waals surface area contributed by atoms with Crippen LogP contribution in [0.4, 0.5) is 10.1 Å². The number of halogens is 1. The SMILES string of the molecule is CNc1cccc(-c2cccc(C)c2F)c1. The highest BCUT2D eigenvalue weighted by atomic mass is 19.1. The molecule has 16 heavy (non-hydrogen) atoms. The third-order valence-electron chi connectivity index (χ3n) is 2.65. The van der Waals surface area contributed by atoms with E-state index in [0.29, 0.717) is 11.1 Å². The van der Waals surface area contributed by atoms with Gasteiger partial charge in [-0.3, -0.25) is 0 Å². The molecule has 2 aromatic rings. The third kappa shape index (κ3) is 1.91. The van der Waals surface area contributed by atoms with Crippen LogP contribution in [0, 0.1) is 12.7 Å². The molecule has 0 aliphatic rings. The number of hydrogen-bond acceptors (Lipinski definition) is 1. The van der Waals surface area contributed by atoms with E-state index in [1.165, 1.54) is 0 Å². The molecular weight excluding hydrogens is 201 g/mol. The first-order valence-electron chi connectivity index (χ1n) is 5.25. The van der Waals surface area contributed by atoms with E-state index in [4.69, 9.17) is 0 Å². The fraction of sp³-hybridized carbons (Fsp3) is 0.143. The molecule has 1 N–H and O–H groups in total. The van der Waals surface area contributed by atoms with Crippen molar-refractivity contribution >= 4 is 5.69 Å². The number of aryl methyl sites for hydroxylation is 1. The van der Waals surface area contributed by atoms with Crippen LogP contribution in [-0.2, 0) is 0 Å². The molecule has 0 unspecified atom stereocenters. The van der Waals surface area contributed by atoms with Crippen LogP contribution >= 0.6 is 0 Å². The fourth-order valence-electron chi connectivity index (χ4n) is 1.71. The smallest absolute Gasteiger partial charge is 0.133 e. The van der Waals surface area contributed by atoms with Gasteiger partial charge in [0.1, 0.15) is 5.82 Å². The molecule has 0 aromatic heterocycles. The van der Waals surface area contributed by atoms with Crippen LogP contribution in [0.5, 0.6) is 0 Å². The van der Waals surface area contributed by atoms with Crippen LogP contribution in [-0.4, -0.2) is 7.05 Å². The van der Waals surface area contributed by atoms with E-state index in [2.05, 4.69) is 5.32 Å². The first-order valence-corrected chi connectivity index (χ1v) is 5.25. The van der Waals surface area contributed by atoms with Gasteiger partial charge in [-0.15, -0.1) is 0 Å². The Balaban J connectivity index is 2.54. The van der Waals surface area contributed by atoms with Gasteiger partial charge in [-0.05, 0) is 30.2 Å². The highest BCUT2D eigenvalue weighted by Crippen LogP contribution is 2.26. The summed E-state index contributed by atoms with van der Waals surface area (Å²) in [5.74, 6) is -0.143. The van der Waals surface area contributed by atoms with E-state index in [1.54, 1.807) is 19.1 Å². The summed E-state index contributed by atoms with van der Waals surface area (Å²) < 4.78 is 13.9. The van der Waals surface area contributed by atoms with Crippen molar-refractivity contribution in [2.45, 2.75) is 6.92 Å². The molecule has 0 heterocycles. The molecular formula is C14H14FN. The topological polar surface area (TPSA) is 12.0 Å². The highest BCUT2D eigenvalue weighted by Gasteiger charge is 2.06. The number of hydrogen-bond donors (Lipinski definition) is 1. The van der Waals surface area contributed by atoms with Gasteiger partial charge >= 0.3 is 0 Å². The zero-order valence-electron chi connectivity index (χ0n) is 9.42. The Morgan fingerprint density at radius 2 is 1.81 bits per heavy atom. The van der Waals surface area contributed by atoms with E-state index >= 15 is 0 Å². The molecule has 0 saturated carbocycles. The lowest BCUT2D eigenvalue weighted by Crippen LogP contribution is -1.91. The average molecular weight is 215 g/mol. The minimum absolute atomic E-state index is 0.143. The Kier molecular flexibility index (Phi) is 2.91. The molecule has 0 saturated heterocycles. The normalized spacial score (nSPS) is 10.2. The quantitative estimate of drug-likeness (QED) is 0.802. The summed E-state index contributed by atoms with van der Waals surface area (Å²) in [6.07, 6.45) is 0. The molecule has 0 fully saturated rings. The Morgan fingerprint density at radius 1 is 1.06 bits per heavy atom. The van der Waals surface area contributed by atoms with Crippen molar-refractivity contribution < 1.29 is 4.39 Å². The second kappa shape index (κ2) is 4.35. The molecule has 0 aliphatic carbocycles. The van der Waals surface area contributed by atoms with Crippen molar-refractivity contribution in [1.82, 2.24) is 0 Å². The summed E-state index contributed by atoms with van der Waals surface area (Å²) in [4.78, 5) is 0. The Labute approximate surface area is 94.9 Å². The summed E-state index contributed by atoms with van der Waals surface area (Å²) in [6.45, 7) is 1.78. The fourth-order valence-corrected chi connectivity index (χ4v) is 1.71. The number of rotatable bonds is 2. The maximum absolute atomic E-state index is 13.9. The molecule has 0 bridgehead atoms. The van der Waals surface area contributed by atoms with Gasteiger partial charge in [0, 0.05) is 18.3 Å². The standard InChI is InChI=1S/C14H14FN/c1-10-5-3-8-13(14(10)15)11-6-4-7-12(9-11)16-2/h3-9,16H,1-2H3. The van der Waals surface area contributed by atoms with E-state index in [9.17, 15) is 4.39 Å². The first kappa shape index (κ1) is 10.7. The minimum Gasteiger partial charge on any atom is -0.388 e. The molecule has 0 radical (unpaired) electrons. The number of nitrogens with one attached hydrogen (secondary N) is 1. The van der Waals surface area contributed by atoms with E-state index < -0.39 is 0 Å². The highest BCUT2D eigenvalue weighted by molar-refractivity contribution is 5.69. The molecule has 2 aromatic carbocycles. The van der Waals surface area contributed by atoms with Gasteiger partial charge in [-0.1, -0.05) is 30.3 Å². The maximum atomic E-state index is 13.9. The lowest BCUT2D eigenvalue weighted by molar-refractivity contribution is 0.622. The van der Waals surface area contributed by atoms with Crippen LogP contribution < -0.4 is 5.32 Å². The Bertz CT molecular complexity index is 506. The molecule has 0 aliphatic heterocycles. The van der Waals surface area contributed by atoms with Crippen LogP contribution in [0.2, 0.25) is 0 Å². The Hall–Kier alpha value is -1.83. The zero-order chi connectivity index (χ0) is 11.5. The van der Waals surface area contributed by atoms with Crippen LogP contribution in [0.1, 0.15) is 5.56 Å². The molecule has 2 rings (SSSR count). The van der Waals surface area contributed by atoms with Gasteiger partial charge in [-0.25, -0.2) is 4.39 Å². The van der Waals surface area contributed by atoms with Crippen LogP contribution in [0.25, 0.3) is 11.1 Å². The van der Waals surface area contributed by atoms with Gasteiger partial charge in [-0.2, -0.15) is 0 Å². The zero-order valence-corrected chi connectivity index (χ0v) is 9.42.